The van der Waals surface area contributed by atoms with Gasteiger partial charge in [-0.05, 0) is 36.6 Å². The fraction of sp³-hybridized carbons (Fsp3) is 0.429. The van der Waals surface area contributed by atoms with E-state index in [2.05, 4.69) is 10.9 Å². The predicted octanol–water partition coefficient (Wildman–Crippen LogP) is 0.691. The predicted molar refractivity (Wildman–Crippen MR) is 84.6 cm³/mol. The van der Waals surface area contributed by atoms with Crippen LogP contribution >= 0.6 is 11.6 Å². The monoisotopic (exact) mass is 360 g/mol. The number of carbonyl (C=O) groups excluding carboxylic acids is 2. The summed E-state index contributed by atoms with van der Waals surface area (Å²) in [5, 5.41) is 0.558. The lowest BCUT2D eigenvalue weighted by Crippen LogP contribution is -2.44. The molecular weight excluding hydrogens is 344 g/mol. The average molecular weight is 361 g/mol. The van der Waals surface area contributed by atoms with Crippen LogP contribution in [0.25, 0.3) is 0 Å². The van der Waals surface area contributed by atoms with Crippen LogP contribution in [-0.2, 0) is 19.4 Å². The average Bonchev–Trinajstić information content (AvgIpc) is 2.83. The van der Waals surface area contributed by atoms with Gasteiger partial charge in [-0.2, -0.15) is 0 Å². The van der Waals surface area contributed by atoms with Gasteiger partial charge in [0.1, 0.15) is 5.75 Å². The molecule has 2 amide bonds. The molecule has 0 aliphatic carbocycles. The lowest BCUT2D eigenvalue weighted by molar-refractivity contribution is -0.130. The van der Waals surface area contributed by atoms with Gasteiger partial charge < -0.3 is 4.74 Å². The number of hydrogen-bond donors (Lipinski definition) is 2. The summed E-state index contributed by atoms with van der Waals surface area (Å²) >= 11 is 5.73. The van der Waals surface area contributed by atoms with E-state index in [9.17, 15) is 18.0 Å². The van der Waals surface area contributed by atoms with Gasteiger partial charge in [-0.1, -0.05) is 11.6 Å². The molecule has 7 nitrogen and oxygen atoms in total. The third-order valence-electron chi connectivity index (χ3n) is 3.33. The third-order valence-corrected chi connectivity index (χ3v) is 5.41. The van der Waals surface area contributed by atoms with Gasteiger partial charge in [-0.15, -0.1) is 0 Å². The summed E-state index contributed by atoms with van der Waals surface area (Å²) in [4.78, 5) is 23.2. The highest BCUT2D eigenvalue weighted by molar-refractivity contribution is 7.91. The molecule has 0 spiro atoms. The molecule has 1 heterocycles. The van der Waals surface area contributed by atoms with Crippen LogP contribution in [0.1, 0.15) is 12.8 Å². The summed E-state index contributed by atoms with van der Waals surface area (Å²) in [7, 11) is -3.01. The maximum Gasteiger partial charge on any atom is 0.276 e. The molecule has 0 bridgehead atoms. The van der Waals surface area contributed by atoms with Gasteiger partial charge in [-0.25, -0.2) is 8.42 Å². The Morgan fingerprint density at radius 2 is 1.83 bits per heavy atom. The Hall–Kier alpha value is -1.80. The summed E-state index contributed by atoms with van der Waals surface area (Å²) in [5.41, 5.74) is 4.47. The van der Waals surface area contributed by atoms with Crippen molar-refractivity contribution in [2.75, 3.05) is 18.1 Å². The van der Waals surface area contributed by atoms with Crippen molar-refractivity contribution in [2.24, 2.45) is 5.92 Å². The second kappa shape index (κ2) is 7.65. The maximum absolute atomic E-state index is 11.7. The highest BCUT2D eigenvalue weighted by Gasteiger charge is 2.29. The summed E-state index contributed by atoms with van der Waals surface area (Å²) < 4.78 is 27.8. The maximum atomic E-state index is 11.7. The topological polar surface area (TPSA) is 102 Å². The smallest absolute Gasteiger partial charge is 0.276 e. The molecule has 9 heteroatoms. The quantitative estimate of drug-likeness (QED) is 0.752. The van der Waals surface area contributed by atoms with Crippen molar-refractivity contribution >= 4 is 33.3 Å². The van der Waals surface area contributed by atoms with Crippen molar-refractivity contribution in [1.82, 2.24) is 10.9 Å². The number of sulfone groups is 1. The number of hydrogen-bond acceptors (Lipinski definition) is 5. The van der Waals surface area contributed by atoms with Gasteiger partial charge in [0.25, 0.3) is 5.91 Å². The van der Waals surface area contributed by atoms with E-state index in [0.29, 0.717) is 17.2 Å². The lowest BCUT2D eigenvalue weighted by Gasteiger charge is -2.10. The largest absolute Gasteiger partial charge is 0.484 e. The Labute approximate surface area is 139 Å². The van der Waals surface area contributed by atoms with E-state index < -0.39 is 21.7 Å². The van der Waals surface area contributed by atoms with Crippen molar-refractivity contribution in [3.8, 4) is 5.75 Å². The standard InChI is InChI=1S/C14H17ClN2O5S/c15-11-1-3-12(4-2-11)22-8-14(19)17-16-13(18)7-10-5-6-23(20,21)9-10/h1-4,10H,5-9H2,(H,16,18)(H,17,19)/t10-/m0/s1. The highest BCUT2D eigenvalue weighted by Crippen LogP contribution is 2.21. The molecule has 1 fully saturated rings. The van der Waals surface area contributed by atoms with Crippen LogP contribution in [0.5, 0.6) is 5.75 Å². The highest BCUT2D eigenvalue weighted by atomic mass is 35.5. The van der Waals surface area contributed by atoms with E-state index in [1.54, 1.807) is 24.3 Å². The summed E-state index contributed by atoms with van der Waals surface area (Å²) in [6.45, 7) is -0.264. The molecule has 1 aliphatic rings. The van der Waals surface area contributed by atoms with E-state index >= 15 is 0 Å². The molecule has 126 valence electrons. The third kappa shape index (κ3) is 6.07. The van der Waals surface area contributed by atoms with Gasteiger partial charge in [0.2, 0.25) is 5.91 Å². The lowest BCUT2D eigenvalue weighted by atomic mass is 10.1. The van der Waals surface area contributed by atoms with Gasteiger partial charge in [-0.3, -0.25) is 20.4 Å². The van der Waals surface area contributed by atoms with Gasteiger partial charge in [0.05, 0.1) is 11.5 Å². The Morgan fingerprint density at radius 3 is 2.43 bits per heavy atom. The summed E-state index contributed by atoms with van der Waals surface area (Å²) in [6, 6.07) is 6.50. The van der Waals surface area contributed by atoms with E-state index in [-0.39, 0.29) is 30.5 Å². The summed E-state index contributed by atoms with van der Waals surface area (Å²) in [6.07, 6.45) is 0.543. The zero-order valence-electron chi connectivity index (χ0n) is 12.2. The molecular formula is C14H17ClN2O5S. The second-order valence-corrected chi connectivity index (χ2v) is 7.98. The fourth-order valence-corrected chi connectivity index (χ4v) is 4.19. The molecule has 1 aromatic rings. The molecule has 23 heavy (non-hydrogen) atoms. The molecule has 0 saturated carbocycles. The van der Waals surface area contributed by atoms with Gasteiger partial charge in [0.15, 0.2) is 16.4 Å². The SMILES string of the molecule is O=C(COc1ccc(Cl)cc1)NNC(=O)C[C@@H]1CCS(=O)(=O)C1. The number of amides is 2. The van der Waals surface area contributed by atoms with Crippen LogP contribution in [0.2, 0.25) is 5.02 Å². The molecule has 2 rings (SSSR count). The van der Waals surface area contributed by atoms with Crippen molar-refractivity contribution in [3.05, 3.63) is 29.3 Å². The fourth-order valence-electron chi connectivity index (χ4n) is 2.20. The number of ether oxygens (including phenoxy) is 1. The molecule has 0 unspecified atom stereocenters. The molecule has 1 saturated heterocycles. The first-order valence-corrected chi connectivity index (χ1v) is 9.20. The molecule has 1 aliphatic heterocycles. The number of rotatable bonds is 5. The van der Waals surface area contributed by atoms with E-state index in [1.807, 2.05) is 0 Å². The Morgan fingerprint density at radius 1 is 1.17 bits per heavy atom. The second-order valence-electron chi connectivity index (χ2n) is 5.31. The van der Waals surface area contributed by atoms with Crippen molar-refractivity contribution in [1.29, 1.82) is 0 Å². The van der Waals surface area contributed by atoms with Crippen LogP contribution < -0.4 is 15.6 Å². The number of carbonyl (C=O) groups is 2. The minimum atomic E-state index is -3.01. The van der Waals surface area contributed by atoms with Crippen LogP contribution in [0.4, 0.5) is 0 Å². The molecule has 2 N–H and O–H groups in total. The van der Waals surface area contributed by atoms with Crippen LogP contribution in [-0.4, -0.2) is 38.3 Å². The number of halogens is 1. The summed E-state index contributed by atoms with van der Waals surface area (Å²) in [5.74, 6) is -0.520. The van der Waals surface area contributed by atoms with Crippen molar-refractivity contribution in [2.45, 2.75) is 12.8 Å². The minimum Gasteiger partial charge on any atom is -0.484 e. The number of nitrogens with one attached hydrogen (secondary N) is 2. The number of hydrazine groups is 1. The van der Waals surface area contributed by atoms with Gasteiger partial charge in [0, 0.05) is 11.4 Å². The van der Waals surface area contributed by atoms with E-state index in [4.69, 9.17) is 16.3 Å². The van der Waals surface area contributed by atoms with Crippen molar-refractivity contribution in [3.63, 3.8) is 0 Å². The number of benzene rings is 1. The first kappa shape index (κ1) is 17.6. The Kier molecular flexibility index (Phi) is 5.84. The van der Waals surface area contributed by atoms with Crippen molar-refractivity contribution < 1.29 is 22.7 Å². The van der Waals surface area contributed by atoms with E-state index in [0.717, 1.165) is 0 Å². The Bertz CT molecular complexity index is 675. The molecule has 0 aromatic heterocycles. The normalized spacial score (nSPS) is 19.1. The molecule has 1 atom stereocenters. The van der Waals surface area contributed by atoms with Crippen LogP contribution in [0.3, 0.4) is 0 Å². The van der Waals surface area contributed by atoms with E-state index in [1.165, 1.54) is 0 Å². The molecule has 1 aromatic carbocycles. The molecule has 0 radical (unpaired) electrons. The zero-order valence-corrected chi connectivity index (χ0v) is 13.8. The first-order valence-electron chi connectivity index (χ1n) is 7.00. The minimum absolute atomic E-state index is 0.0219. The van der Waals surface area contributed by atoms with Crippen LogP contribution in [0, 0.1) is 5.92 Å². The zero-order chi connectivity index (χ0) is 16.9. The van der Waals surface area contributed by atoms with Gasteiger partial charge >= 0.3 is 0 Å². The van der Waals surface area contributed by atoms with Crippen LogP contribution in [0.15, 0.2) is 24.3 Å². The first-order chi connectivity index (χ1) is 10.8. The Balaban J connectivity index is 1.66.